The van der Waals surface area contributed by atoms with Crippen molar-refractivity contribution in [3.63, 3.8) is 0 Å². The van der Waals surface area contributed by atoms with Crippen LogP contribution in [0.3, 0.4) is 0 Å². The Morgan fingerprint density at radius 2 is 1.92 bits per heavy atom. The van der Waals surface area contributed by atoms with Crippen LogP contribution in [0.1, 0.15) is 59.3 Å². The van der Waals surface area contributed by atoms with Crippen LogP contribution >= 0.6 is 0 Å². The van der Waals surface area contributed by atoms with Gasteiger partial charge in [0.05, 0.1) is 0 Å². The molecule has 12 heavy (non-hydrogen) atoms. The average molecular weight is 169 g/mol. The highest BCUT2D eigenvalue weighted by atomic mass is 14.8. The van der Waals surface area contributed by atoms with E-state index in [1.165, 1.54) is 38.5 Å². The Morgan fingerprint density at radius 1 is 1.25 bits per heavy atom. The van der Waals surface area contributed by atoms with Crippen molar-refractivity contribution in [2.75, 3.05) is 0 Å². The molecule has 1 rings (SSSR count). The molecule has 1 fully saturated rings. The van der Waals surface area contributed by atoms with Gasteiger partial charge in [0.2, 0.25) is 0 Å². The summed E-state index contributed by atoms with van der Waals surface area (Å²) in [6, 6.07) is 0. The molecule has 0 aliphatic heterocycles. The lowest BCUT2D eigenvalue weighted by atomic mass is 9.73. The van der Waals surface area contributed by atoms with Crippen LogP contribution < -0.4 is 5.73 Å². The second kappa shape index (κ2) is 3.37. The first-order chi connectivity index (χ1) is 5.52. The summed E-state index contributed by atoms with van der Waals surface area (Å²) in [5, 5.41) is 0. The van der Waals surface area contributed by atoms with Gasteiger partial charge in [0.25, 0.3) is 0 Å². The summed E-state index contributed by atoms with van der Waals surface area (Å²) < 4.78 is 0. The van der Waals surface area contributed by atoms with Crippen LogP contribution in [0.2, 0.25) is 0 Å². The van der Waals surface area contributed by atoms with Gasteiger partial charge in [-0.25, -0.2) is 0 Å². The molecule has 1 saturated carbocycles. The van der Waals surface area contributed by atoms with E-state index < -0.39 is 0 Å². The van der Waals surface area contributed by atoms with Crippen LogP contribution in [0.5, 0.6) is 0 Å². The smallest absolute Gasteiger partial charge is 0.0206 e. The Bertz CT molecular complexity index is 151. The van der Waals surface area contributed by atoms with Crippen molar-refractivity contribution in [2.45, 2.75) is 64.8 Å². The maximum atomic E-state index is 6.42. The number of hydrogen-bond acceptors (Lipinski definition) is 1. The number of unbranched alkanes of at least 4 members (excludes halogenated alkanes) is 1. The summed E-state index contributed by atoms with van der Waals surface area (Å²) in [4.78, 5) is 0. The standard InChI is InChI=1S/C11H23N/c1-4-5-8-11(12)9-6-7-10(11,2)3/h4-9,12H2,1-3H3. The van der Waals surface area contributed by atoms with Gasteiger partial charge in [-0.05, 0) is 24.7 Å². The minimum Gasteiger partial charge on any atom is -0.325 e. The molecule has 1 unspecified atom stereocenters. The second-order valence-electron chi connectivity index (χ2n) is 5.00. The zero-order chi connectivity index (χ0) is 9.24. The third-order valence-corrected chi connectivity index (χ3v) is 3.75. The van der Waals surface area contributed by atoms with Crippen LogP contribution in [0, 0.1) is 5.41 Å². The summed E-state index contributed by atoms with van der Waals surface area (Å²) in [6.07, 6.45) is 7.66. The normalized spacial score (nSPS) is 34.0. The quantitative estimate of drug-likeness (QED) is 0.690. The van der Waals surface area contributed by atoms with Gasteiger partial charge in [-0.3, -0.25) is 0 Å². The van der Waals surface area contributed by atoms with E-state index in [1.807, 2.05) is 0 Å². The third-order valence-electron chi connectivity index (χ3n) is 3.75. The van der Waals surface area contributed by atoms with Gasteiger partial charge in [-0.2, -0.15) is 0 Å². The van der Waals surface area contributed by atoms with Crippen molar-refractivity contribution in [1.29, 1.82) is 0 Å². The lowest BCUT2D eigenvalue weighted by Gasteiger charge is -2.38. The van der Waals surface area contributed by atoms with Crippen LogP contribution in [-0.4, -0.2) is 5.54 Å². The Hall–Kier alpha value is -0.0400. The van der Waals surface area contributed by atoms with E-state index in [4.69, 9.17) is 5.73 Å². The zero-order valence-corrected chi connectivity index (χ0v) is 8.82. The SMILES string of the molecule is CCCCC1(N)CCCC1(C)C. The predicted octanol–water partition coefficient (Wildman–Crippen LogP) is 3.08. The van der Waals surface area contributed by atoms with Gasteiger partial charge in [0.15, 0.2) is 0 Å². The van der Waals surface area contributed by atoms with Gasteiger partial charge in [-0.15, -0.1) is 0 Å². The molecule has 1 atom stereocenters. The molecule has 1 aliphatic rings. The summed E-state index contributed by atoms with van der Waals surface area (Å²) in [5.74, 6) is 0. The first kappa shape index (κ1) is 10.0. The number of nitrogens with two attached hydrogens (primary N) is 1. The molecule has 0 saturated heterocycles. The van der Waals surface area contributed by atoms with E-state index in [0.29, 0.717) is 5.41 Å². The third kappa shape index (κ3) is 1.66. The molecule has 2 N–H and O–H groups in total. The van der Waals surface area contributed by atoms with Crippen LogP contribution in [0.4, 0.5) is 0 Å². The van der Waals surface area contributed by atoms with E-state index in [9.17, 15) is 0 Å². The summed E-state index contributed by atoms with van der Waals surface area (Å²) in [6.45, 7) is 6.90. The van der Waals surface area contributed by atoms with E-state index in [2.05, 4.69) is 20.8 Å². The highest BCUT2D eigenvalue weighted by Gasteiger charge is 2.44. The fourth-order valence-corrected chi connectivity index (χ4v) is 2.39. The first-order valence-corrected chi connectivity index (χ1v) is 5.31. The van der Waals surface area contributed by atoms with Gasteiger partial charge in [-0.1, -0.05) is 40.0 Å². The number of hydrogen-bond donors (Lipinski definition) is 1. The average Bonchev–Trinajstić information content (AvgIpc) is 2.24. The van der Waals surface area contributed by atoms with E-state index in [1.54, 1.807) is 0 Å². The van der Waals surface area contributed by atoms with E-state index in [0.717, 1.165) is 0 Å². The fraction of sp³-hybridized carbons (Fsp3) is 1.00. The van der Waals surface area contributed by atoms with Crippen LogP contribution in [0.25, 0.3) is 0 Å². The Kier molecular flexibility index (Phi) is 2.82. The molecule has 0 amide bonds. The van der Waals surface area contributed by atoms with E-state index in [-0.39, 0.29) is 5.54 Å². The highest BCUT2D eigenvalue weighted by Crippen LogP contribution is 2.46. The fourth-order valence-electron chi connectivity index (χ4n) is 2.39. The van der Waals surface area contributed by atoms with Crippen molar-refractivity contribution in [3.05, 3.63) is 0 Å². The molecule has 0 heterocycles. The monoisotopic (exact) mass is 169 g/mol. The van der Waals surface area contributed by atoms with Crippen molar-refractivity contribution < 1.29 is 0 Å². The minimum atomic E-state index is 0.142. The van der Waals surface area contributed by atoms with Gasteiger partial charge in [0.1, 0.15) is 0 Å². The maximum Gasteiger partial charge on any atom is 0.0206 e. The first-order valence-electron chi connectivity index (χ1n) is 5.31. The minimum absolute atomic E-state index is 0.142. The summed E-state index contributed by atoms with van der Waals surface area (Å²) in [5.41, 5.74) is 6.94. The van der Waals surface area contributed by atoms with Gasteiger partial charge >= 0.3 is 0 Å². The molecule has 0 aromatic heterocycles. The molecule has 0 radical (unpaired) electrons. The molecule has 1 nitrogen and oxygen atoms in total. The molecule has 1 heteroatoms. The second-order valence-corrected chi connectivity index (χ2v) is 5.00. The molecule has 72 valence electrons. The molecule has 0 bridgehead atoms. The zero-order valence-electron chi connectivity index (χ0n) is 8.82. The van der Waals surface area contributed by atoms with Gasteiger partial charge in [0, 0.05) is 5.54 Å². The number of rotatable bonds is 3. The largest absolute Gasteiger partial charge is 0.325 e. The lowest BCUT2D eigenvalue weighted by Crippen LogP contribution is -2.48. The molecule has 0 spiro atoms. The van der Waals surface area contributed by atoms with Crippen LogP contribution in [-0.2, 0) is 0 Å². The van der Waals surface area contributed by atoms with E-state index >= 15 is 0 Å². The Balaban J connectivity index is 2.56. The van der Waals surface area contributed by atoms with Crippen molar-refractivity contribution in [3.8, 4) is 0 Å². The van der Waals surface area contributed by atoms with Crippen molar-refractivity contribution in [1.82, 2.24) is 0 Å². The topological polar surface area (TPSA) is 26.0 Å². The molecular formula is C11H23N. The predicted molar refractivity (Wildman–Crippen MR) is 54.1 cm³/mol. The molecule has 0 aromatic carbocycles. The summed E-state index contributed by atoms with van der Waals surface area (Å²) >= 11 is 0. The molecule has 1 aliphatic carbocycles. The van der Waals surface area contributed by atoms with Crippen LogP contribution in [0.15, 0.2) is 0 Å². The maximum absolute atomic E-state index is 6.42. The molecule has 0 aromatic rings. The molecular weight excluding hydrogens is 146 g/mol. The lowest BCUT2D eigenvalue weighted by molar-refractivity contribution is 0.191. The van der Waals surface area contributed by atoms with Crippen molar-refractivity contribution in [2.24, 2.45) is 11.1 Å². The Morgan fingerprint density at radius 3 is 2.33 bits per heavy atom. The Labute approximate surface area is 76.7 Å². The van der Waals surface area contributed by atoms with Crippen molar-refractivity contribution >= 4 is 0 Å². The summed E-state index contributed by atoms with van der Waals surface area (Å²) in [7, 11) is 0. The van der Waals surface area contributed by atoms with Gasteiger partial charge < -0.3 is 5.73 Å². The highest BCUT2D eigenvalue weighted by molar-refractivity contribution is 5.02.